The number of halogens is 2. The van der Waals surface area contributed by atoms with Gasteiger partial charge in [-0.2, -0.15) is 0 Å². The summed E-state index contributed by atoms with van der Waals surface area (Å²) >= 11 is 13.2. The van der Waals surface area contributed by atoms with Crippen molar-refractivity contribution in [2.75, 3.05) is 24.0 Å². The van der Waals surface area contributed by atoms with E-state index in [0.717, 1.165) is 28.3 Å². The third-order valence-electron chi connectivity index (χ3n) is 7.81. The van der Waals surface area contributed by atoms with Gasteiger partial charge in [-0.1, -0.05) is 90.6 Å². The first kappa shape index (κ1) is 36.8. The molecule has 0 aliphatic heterocycles. The molecule has 0 aliphatic rings. The molecule has 0 aliphatic carbocycles. The van der Waals surface area contributed by atoms with E-state index in [1.54, 1.807) is 54.6 Å². The van der Waals surface area contributed by atoms with Crippen LogP contribution in [-0.2, 0) is 32.6 Å². The van der Waals surface area contributed by atoms with Crippen molar-refractivity contribution in [2.45, 2.75) is 57.5 Å². The highest BCUT2D eigenvalue weighted by Crippen LogP contribution is 2.30. The van der Waals surface area contributed by atoms with Crippen LogP contribution in [0.3, 0.4) is 0 Å². The van der Waals surface area contributed by atoms with Crippen LogP contribution in [0.1, 0.15) is 43.4 Å². The maximum absolute atomic E-state index is 14.7. The van der Waals surface area contributed by atoms with Crippen molar-refractivity contribution in [3.05, 3.63) is 124 Å². The third-order valence-corrected chi connectivity index (χ3v) is 10.3. The zero-order chi connectivity index (χ0) is 34.7. The number of nitrogens with one attached hydrogen (secondary N) is 1. The highest BCUT2D eigenvalue weighted by atomic mass is 35.5. The van der Waals surface area contributed by atoms with E-state index in [1.807, 2.05) is 51.1 Å². The zero-order valence-corrected chi connectivity index (χ0v) is 29.7. The summed E-state index contributed by atoms with van der Waals surface area (Å²) in [5.41, 5.74) is 2.42. The van der Waals surface area contributed by atoms with Crippen molar-refractivity contribution >= 4 is 50.7 Å². The highest BCUT2D eigenvalue weighted by Gasteiger charge is 2.35. The Kier molecular flexibility index (Phi) is 13.3. The Bertz CT molecular complexity index is 1750. The fourth-order valence-corrected chi connectivity index (χ4v) is 7.09. The molecule has 48 heavy (non-hydrogen) atoms. The summed E-state index contributed by atoms with van der Waals surface area (Å²) in [5.74, 6) is -0.415. The summed E-state index contributed by atoms with van der Waals surface area (Å²) in [6.45, 7) is 5.87. The summed E-state index contributed by atoms with van der Waals surface area (Å²) in [6, 6.07) is 26.3. The molecule has 0 saturated carbocycles. The lowest BCUT2D eigenvalue weighted by atomic mass is 10.0. The minimum atomic E-state index is -4.24. The lowest BCUT2D eigenvalue weighted by molar-refractivity contribution is -0.140. The van der Waals surface area contributed by atoms with E-state index in [-0.39, 0.29) is 29.5 Å². The molecule has 4 aromatic carbocycles. The summed E-state index contributed by atoms with van der Waals surface area (Å²) < 4.78 is 35.1. The molecule has 0 spiro atoms. The number of hydrogen-bond donors (Lipinski definition) is 1. The van der Waals surface area contributed by atoms with Crippen LogP contribution in [0.15, 0.2) is 102 Å². The molecule has 0 saturated heterocycles. The summed E-state index contributed by atoms with van der Waals surface area (Å²) in [5, 5.41) is 3.61. The molecule has 0 fully saturated rings. The largest absolute Gasteiger partial charge is 0.494 e. The third kappa shape index (κ3) is 9.52. The van der Waals surface area contributed by atoms with Gasteiger partial charge in [0, 0.05) is 35.1 Å². The maximum Gasteiger partial charge on any atom is 0.264 e. The molecular formula is C37H41Cl2N3O5S. The first-order chi connectivity index (χ1) is 23.0. The van der Waals surface area contributed by atoms with E-state index < -0.39 is 28.5 Å². The number of nitrogens with zero attached hydrogens (tertiary/aromatic N) is 2. The molecule has 0 radical (unpaired) electrons. The van der Waals surface area contributed by atoms with Gasteiger partial charge in [-0.15, -0.1) is 0 Å². The average Bonchev–Trinajstić information content (AvgIpc) is 3.07. The predicted molar refractivity (Wildman–Crippen MR) is 192 cm³/mol. The fourth-order valence-electron chi connectivity index (χ4n) is 5.16. The number of ether oxygens (including phenoxy) is 1. The molecule has 0 bridgehead atoms. The Morgan fingerprint density at radius 3 is 2.10 bits per heavy atom. The minimum Gasteiger partial charge on any atom is -0.494 e. The molecule has 1 atom stereocenters. The standard InChI is InChI=1S/C37H41Cl2N3O5S/c1-4-6-23-40-37(44)35(24-28-11-8-7-9-12-28)41(25-32-33(38)13-10-14-34(32)39)36(43)26-42(29-17-19-30(20-18-29)47-5-2)48(45,46)31-21-15-27(3)16-22-31/h7-22,35H,4-6,23-26H2,1-3H3,(H,40,44)/t35-/m1/s1. The molecule has 0 heterocycles. The van der Waals surface area contributed by atoms with E-state index in [0.29, 0.717) is 34.5 Å². The number of unbranched alkanes of at least 4 members (excludes halogenated alkanes) is 1. The number of amides is 2. The van der Waals surface area contributed by atoms with Gasteiger partial charge in [-0.05, 0) is 74.4 Å². The molecule has 2 amide bonds. The van der Waals surface area contributed by atoms with E-state index in [9.17, 15) is 18.0 Å². The number of carbonyl (C=O) groups excluding carboxylic acids is 2. The van der Waals surface area contributed by atoms with Crippen LogP contribution < -0.4 is 14.4 Å². The molecule has 4 rings (SSSR count). The van der Waals surface area contributed by atoms with E-state index >= 15 is 0 Å². The Morgan fingerprint density at radius 2 is 1.50 bits per heavy atom. The number of benzene rings is 4. The Balaban J connectivity index is 1.82. The van der Waals surface area contributed by atoms with Crippen molar-refractivity contribution in [1.29, 1.82) is 0 Å². The lowest BCUT2D eigenvalue weighted by Crippen LogP contribution is -2.53. The van der Waals surface area contributed by atoms with Crippen molar-refractivity contribution in [2.24, 2.45) is 0 Å². The van der Waals surface area contributed by atoms with Gasteiger partial charge in [0.2, 0.25) is 11.8 Å². The number of sulfonamides is 1. The molecule has 11 heteroatoms. The smallest absolute Gasteiger partial charge is 0.264 e. The number of rotatable bonds is 16. The van der Waals surface area contributed by atoms with Gasteiger partial charge in [0.15, 0.2) is 0 Å². The van der Waals surface area contributed by atoms with Gasteiger partial charge in [0.1, 0.15) is 18.3 Å². The molecular weight excluding hydrogens is 669 g/mol. The van der Waals surface area contributed by atoms with Crippen LogP contribution in [0, 0.1) is 6.92 Å². The van der Waals surface area contributed by atoms with Gasteiger partial charge in [0.25, 0.3) is 10.0 Å². The molecule has 1 N–H and O–H groups in total. The summed E-state index contributed by atoms with van der Waals surface area (Å²) in [6.07, 6.45) is 1.81. The predicted octanol–water partition coefficient (Wildman–Crippen LogP) is 7.45. The Morgan fingerprint density at radius 1 is 0.854 bits per heavy atom. The highest BCUT2D eigenvalue weighted by molar-refractivity contribution is 7.92. The monoisotopic (exact) mass is 709 g/mol. The van der Waals surface area contributed by atoms with Gasteiger partial charge in [0.05, 0.1) is 17.2 Å². The van der Waals surface area contributed by atoms with Crippen LogP contribution in [-0.4, -0.2) is 50.9 Å². The average molecular weight is 711 g/mol. The Labute approximate surface area is 293 Å². The zero-order valence-electron chi connectivity index (χ0n) is 27.4. The maximum atomic E-state index is 14.7. The van der Waals surface area contributed by atoms with Crippen molar-refractivity contribution in [3.8, 4) is 5.75 Å². The number of anilines is 1. The Hall–Kier alpha value is -4.05. The van der Waals surface area contributed by atoms with Crippen LogP contribution in [0.5, 0.6) is 5.75 Å². The normalized spacial score (nSPS) is 11.9. The van der Waals surface area contributed by atoms with E-state index in [1.165, 1.54) is 17.0 Å². The van der Waals surface area contributed by atoms with Crippen molar-refractivity contribution in [3.63, 3.8) is 0 Å². The van der Waals surface area contributed by atoms with E-state index in [4.69, 9.17) is 27.9 Å². The second-order valence-electron chi connectivity index (χ2n) is 11.3. The summed E-state index contributed by atoms with van der Waals surface area (Å²) in [4.78, 5) is 30.0. The van der Waals surface area contributed by atoms with Crippen molar-refractivity contribution < 1.29 is 22.7 Å². The second kappa shape index (κ2) is 17.4. The van der Waals surface area contributed by atoms with Crippen LogP contribution >= 0.6 is 23.2 Å². The molecule has 0 unspecified atom stereocenters. The number of aryl methyl sites for hydroxylation is 1. The molecule has 4 aromatic rings. The van der Waals surface area contributed by atoms with Crippen molar-refractivity contribution in [1.82, 2.24) is 10.2 Å². The van der Waals surface area contributed by atoms with Crippen LogP contribution in [0.25, 0.3) is 0 Å². The molecule has 8 nitrogen and oxygen atoms in total. The number of hydrogen-bond acceptors (Lipinski definition) is 5. The quantitative estimate of drug-likeness (QED) is 0.122. The lowest BCUT2D eigenvalue weighted by Gasteiger charge is -2.34. The number of carbonyl (C=O) groups is 2. The minimum absolute atomic E-state index is 0.0219. The van der Waals surface area contributed by atoms with Gasteiger partial charge >= 0.3 is 0 Å². The van der Waals surface area contributed by atoms with Crippen LogP contribution in [0.4, 0.5) is 5.69 Å². The summed E-state index contributed by atoms with van der Waals surface area (Å²) in [7, 11) is -4.24. The molecule has 254 valence electrons. The van der Waals surface area contributed by atoms with E-state index in [2.05, 4.69) is 5.32 Å². The SMILES string of the molecule is CCCCNC(=O)[C@@H](Cc1ccccc1)N(Cc1c(Cl)cccc1Cl)C(=O)CN(c1ccc(OCC)cc1)S(=O)(=O)c1ccc(C)cc1. The molecule has 0 aromatic heterocycles. The van der Waals surface area contributed by atoms with Gasteiger partial charge < -0.3 is 15.0 Å². The van der Waals surface area contributed by atoms with Gasteiger partial charge in [-0.3, -0.25) is 13.9 Å². The first-order valence-electron chi connectivity index (χ1n) is 15.9. The second-order valence-corrected chi connectivity index (χ2v) is 14.0. The van der Waals surface area contributed by atoms with Crippen LogP contribution in [0.2, 0.25) is 10.0 Å². The van der Waals surface area contributed by atoms with Gasteiger partial charge in [-0.25, -0.2) is 8.42 Å². The topological polar surface area (TPSA) is 96.0 Å². The fraction of sp³-hybridized carbons (Fsp3) is 0.297. The first-order valence-corrected chi connectivity index (χ1v) is 18.1.